The van der Waals surface area contributed by atoms with Crippen molar-refractivity contribution in [3.8, 4) is 0 Å². The lowest BCUT2D eigenvalue weighted by Crippen LogP contribution is -2.15. The molecule has 0 aromatic heterocycles. The molecule has 2 aromatic rings. The highest BCUT2D eigenvalue weighted by atomic mass is 32.3. The second-order valence-electron chi connectivity index (χ2n) is 4.60. The number of hydrogen-bond acceptors (Lipinski definition) is 7. The highest BCUT2D eigenvalue weighted by Crippen LogP contribution is 2.20. The molecule has 1 N–H and O–H groups in total. The normalized spacial score (nSPS) is 12.5. The van der Waals surface area contributed by atoms with Gasteiger partial charge in [-0.15, -0.1) is 0 Å². The van der Waals surface area contributed by atoms with Gasteiger partial charge in [-0.2, -0.15) is 18.6 Å². The van der Waals surface area contributed by atoms with Crippen molar-refractivity contribution in [3.05, 3.63) is 54.6 Å². The van der Waals surface area contributed by atoms with E-state index in [1.54, 1.807) is 12.1 Å². The molecule has 0 atom stereocenters. The van der Waals surface area contributed by atoms with E-state index in [4.69, 9.17) is 4.55 Å². The number of benzene rings is 2. The van der Waals surface area contributed by atoms with Crippen molar-refractivity contribution in [2.75, 3.05) is 12.4 Å². The van der Waals surface area contributed by atoms with Gasteiger partial charge in [-0.05, 0) is 36.4 Å². The van der Waals surface area contributed by atoms with E-state index in [0.29, 0.717) is 11.4 Å². The third-order valence-electron chi connectivity index (χ3n) is 2.82. The van der Waals surface area contributed by atoms with Crippen molar-refractivity contribution < 1.29 is 25.6 Å². The summed E-state index contributed by atoms with van der Waals surface area (Å²) in [5.41, 5.74) is 1.13. The quantitative estimate of drug-likeness (QED) is 0.590. The molecule has 0 spiro atoms. The molecule has 128 valence electrons. The van der Waals surface area contributed by atoms with Crippen LogP contribution in [-0.4, -0.2) is 33.7 Å². The van der Waals surface area contributed by atoms with E-state index < -0.39 is 32.6 Å². The maximum atomic E-state index is 12.0. The standard InChI is InChI=1S/C14H14N2O6S2/c17-23(18,11-10-22-24(19,20)21)14-8-6-13(7-9-14)16-15-12-4-2-1-3-5-12/h1-9H,10-11H2,(H,19,20,21). The molecule has 0 saturated heterocycles. The van der Waals surface area contributed by atoms with Crippen LogP contribution in [0.15, 0.2) is 69.7 Å². The van der Waals surface area contributed by atoms with Crippen molar-refractivity contribution in [3.63, 3.8) is 0 Å². The molecule has 0 fully saturated rings. The zero-order valence-electron chi connectivity index (χ0n) is 12.3. The Kier molecular flexibility index (Phi) is 5.78. The minimum Gasteiger partial charge on any atom is -0.264 e. The number of rotatable bonds is 7. The fourth-order valence-electron chi connectivity index (χ4n) is 1.70. The third-order valence-corrected chi connectivity index (χ3v) is 4.98. The first-order valence-corrected chi connectivity index (χ1v) is 9.69. The molecule has 0 unspecified atom stereocenters. The Labute approximate surface area is 139 Å². The van der Waals surface area contributed by atoms with E-state index in [9.17, 15) is 16.8 Å². The summed E-state index contributed by atoms with van der Waals surface area (Å²) in [5.74, 6) is -0.586. The maximum absolute atomic E-state index is 12.0. The van der Waals surface area contributed by atoms with Crippen LogP contribution in [0, 0.1) is 0 Å². The van der Waals surface area contributed by atoms with Crippen LogP contribution in [0.25, 0.3) is 0 Å². The summed E-state index contributed by atoms with van der Waals surface area (Å²) in [6, 6.07) is 14.7. The molecular weight excluding hydrogens is 356 g/mol. The van der Waals surface area contributed by atoms with Gasteiger partial charge >= 0.3 is 10.4 Å². The summed E-state index contributed by atoms with van der Waals surface area (Å²) < 4.78 is 57.2. The van der Waals surface area contributed by atoms with E-state index in [0.717, 1.165) is 0 Å². The van der Waals surface area contributed by atoms with Crippen LogP contribution >= 0.6 is 0 Å². The Morgan fingerprint density at radius 2 is 1.38 bits per heavy atom. The Hall–Kier alpha value is -2.14. The van der Waals surface area contributed by atoms with Crippen LogP contribution in [0.1, 0.15) is 0 Å². The van der Waals surface area contributed by atoms with Gasteiger partial charge in [0.1, 0.15) is 0 Å². The molecule has 0 bridgehead atoms. The van der Waals surface area contributed by atoms with E-state index in [1.807, 2.05) is 18.2 Å². The predicted molar refractivity (Wildman–Crippen MR) is 86.6 cm³/mol. The van der Waals surface area contributed by atoms with E-state index >= 15 is 0 Å². The third kappa shape index (κ3) is 5.81. The molecule has 0 aliphatic heterocycles. The van der Waals surface area contributed by atoms with Crippen molar-refractivity contribution in [1.82, 2.24) is 0 Å². The van der Waals surface area contributed by atoms with Gasteiger partial charge in [-0.1, -0.05) is 18.2 Å². The van der Waals surface area contributed by atoms with Gasteiger partial charge < -0.3 is 0 Å². The zero-order valence-corrected chi connectivity index (χ0v) is 13.9. The topological polar surface area (TPSA) is 122 Å². The largest absolute Gasteiger partial charge is 0.397 e. The summed E-state index contributed by atoms with van der Waals surface area (Å²) >= 11 is 0. The van der Waals surface area contributed by atoms with Gasteiger partial charge in [0.25, 0.3) is 0 Å². The minimum absolute atomic E-state index is 0.0138. The van der Waals surface area contributed by atoms with Gasteiger partial charge in [-0.25, -0.2) is 12.6 Å². The molecule has 10 heteroatoms. The molecule has 0 radical (unpaired) electrons. The van der Waals surface area contributed by atoms with Crippen LogP contribution in [0.4, 0.5) is 11.4 Å². The molecular formula is C14H14N2O6S2. The molecule has 2 rings (SSSR count). The zero-order chi connectivity index (χ0) is 17.6. The number of nitrogens with zero attached hydrogens (tertiary/aromatic N) is 2. The predicted octanol–water partition coefficient (Wildman–Crippen LogP) is 2.70. The molecule has 8 nitrogen and oxygen atoms in total. The average Bonchev–Trinajstić information content (AvgIpc) is 2.53. The first-order chi connectivity index (χ1) is 11.3. The molecule has 24 heavy (non-hydrogen) atoms. The fraction of sp³-hybridized carbons (Fsp3) is 0.143. The SMILES string of the molecule is O=S(=O)(O)OCCS(=O)(=O)c1ccc(N=Nc2ccccc2)cc1. The van der Waals surface area contributed by atoms with E-state index in [-0.39, 0.29) is 4.90 Å². The molecule has 0 saturated carbocycles. The smallest absolute Gasteiger partial charge is 0.264 e. The van der Waals surface area contributed by atoms with Gasteiger partial charge in [-0.3, -0.25) is 4.55 Å². The highest BCUT2D eigenvalue weighted by molar-refractivity contribution is 7.91. The summed E-state index contributed by atoms with van der Waals surface area (Å²) in [6.07, 6.45) is 0. The first-order valence-electron chi connectivity index (χ1n) is 6.68. The van der Waals surface area contributed by atoms with Crippen molar-refractivity contribution in [2.24, 2.45) is 10.2 Å². The highest BCUT2D eigenvalue weighted by Gasteiger charge is 2.16. The summed E-state index contributed by atoms with van der Waals surface area (Å²) in [4.78, 5) is -0.0138. The second kappa shape index (κ2) is 7.62. The average molecular weight is 370 g/mol. The van der Waals surface area contributed by atoms with Gasteiger partial charge in [0.2, 0.25) is 0 Å². The minimum atomic E-state index is -4.66. The number of azo groups is 1. The Morgan fingerprint density at radius 1 is 0.833 bits per heavy atom. The second-order valence-corrected chi connectivity index (χ2v) is 7.80. The summed E-state index contributed by atoms with van der Waals surface area (Å²) in [5, 5.41) is 7.99. The monoisotopic (exact) mass is 370 g/mol. The number of hydrogen-bond donors (Lipinski definition) is 1. The van der Waals surface area contributed by atoms with Crippen LogP contribution in [0.3, 0.4) is 0 Å². The van der Waals surface area contributed by atoms with Crippen LogP contribution < -0.4 is 0 Å². The van der Waals surface area contributed by atoms with E-state index in [1.165, 1.54) is 24.3 Å². The van der Waals surface area contributed by atoms with Crippen LogP contribution in [-0.2, 0) is 24.4 Å². The lowest BCUT2D eigenvalue weighted by atomic mass is 10.3. The van der Waals surface area contributed by atoms with Crippen molar-refractivity contribution in [1.29, 1.82) is 0 Å². The molecule has 0 aliphatic rings. The summed E-state index contributed by atoms with van der Waals surface area (Å²) in [6.45, 7) is -0.670. The van der Waals surface area contributed by atoms with Gasteiger partial charge in [0.15, 0.2) is 9.84 Å². The molecule has 0 aliphatic carbocycles. The number of sulfone groups is 1. The summed E-state index contributed by atoms with van der Waals surface area (Å²) in [7, 11) is -8.40. The van der Waals surface area contributed by atoms with Crippen molar-refractivity contribution in [2.45, 2.75) is 4.90 Å². The maximum Gasteiger partial charge on any atom is 0.397 e. The Bertz CT molecular complexity index is 907. The Morgan fingerprint density at radius 3 is 1.92 bits per heavy atom. The van der Waals surface area contributed by atoms with Crippen LogP contribution in [0.2, 0.25) is 0 Å². The Balaban J connectivity index is 2.04. The molecule has 2 aromatic carbocycles. The lowest BCUT2D eigenvalue weighted by molar-refractivity contribution is 0.284. The molecule has 0 heterocycles. The van der Waals surface area contributed by atoms with Gasteiger partial charge in [0.05, 0.1) is 28.6 Å². The van der Waals surface area contributed by atoms with Crippen LogP contribution in [0.5, 0.6) is 0 Å². The first kappa shape index (κ1) is 18.2. The van der Waals surface area contributed by atoms with E-state index in [2.05, 4.69) is 14.4 Å². The molecule has 0 amide bonds. The van der Waals surface area contributed by atoms with Gasteiger partial charge in [0, 0.05) is 0 Å². The lowest BCUT2D eigenvalue weighted by Gasteiger charge is -2.04. The van der Waals surface area contributed by atoms with Crippen molar-refractivity contribution >= 4 is 31.6 Å². The fourth-order valence-corrected chi connectivity index (χ4v) is 3.19.